The molecule has 1 aromatic carbocycles. The maximum absolute atomic E-state index is 6.45. The Morgan fingerprint density at radius 1 is 1.35 bits per heavy atom. The molecule has 0 bridgehead atoms. The van der Waals surface area contributed by atoms with Crippen molar-refractivity contribution in [1.82, 2.24) is 4.90 Å². The first-order chi connectivity index (χ1) is 9.62. The number of hydrogen-bond acceptors (Lipinski definition) is 3. The Balaban J connectivity index is 1.85. The van der Waals surface area contributed by atoms with E-state index in [0.29, 0.717) is 0 Å². The van der Waals surface area contributed by atoms with E-state index in [0.717, 1.165) is 38.1 Å². The maximum Gasteiger partial charge on any atom is 0.124 e. The summed E-state index contributed by atoms with van der Waals surface area (Å²) in [5.74, 6) is 1.01. The van der Waals surface area contributed by atoms with Gasteiger partial charge in [-0.3, -0.25) is 0 Å². The van der Waals surface area contributed by atoms with E-state index in [9.17, 15) is 0 Å². The van der Waals surface area contributed by atoms with E-state index >= 15 is 0 Å². The second kappa shape index (κ2) is 5.38. The van der Waals surface area contributed by atoms with Crippen LogP contribution in [0.2, 0.25) is 0 Å². The topological polar surface area (TPSA) is 38.5 Å². The van der Waals surface area contributed by atoms with Crippen LogP contribution in [0.1, 0.15) is 49.8 Å². The van der Waals surface area contributed by atoms with Crippen molar-refractivity contribution in [3.63, 3.8) is 0 Å². The van der Waals surface area contributed by atoms with E-state index < -0.39 is 0 Å². The van der Waals surface area contributed by atoms with E-state index in [1.807, 2.05) is 0 Å². The molecule has 0 radical (unpaired) electrons. The molecule has 1 spiro atoms. The first kappa shape index (κ1) is 13.9. The molecule has 2 atom stereocenters. The fraction of sp³-hybridized carbons (Fsp3) is 0.647. The van der Waals surface area contributed by atoms with Crippen LogP contribution in [0, 0.1) is 6.92 Å². The van der Waals surface area contributed by atoms with Gasteiger partial charge in [-0.1, -0.05) is 24.6 Å². The predicted octanol–water partition coefficient (Wildman–Crippen LogP) is 3.02. The molecule has 1 aromatic rings. The fourth-order valence-corrected chi connectivity index (χ4v) is 3.68. The Morgan fingerprint density at radius 3 is 3.00 bits per heavy atom. The summed E-state index contributed by atoms with van der Waals surface area (Å²) in [7, 11) is 0. The molecule has 1 fully saturated rings. The zero-order valence-electron chi connectivity index (χ0n) is 12.7. The van der Waals surface area contributed by atoms with Crippen molar-refractivity contribution in [1.29, 1.82) is 0 Å². The highest BCUT2D eigenvalue weighted by Gasteiger charge is 2.40. The highest BCUT2D eigenvalue weighted by Crippen LogP contribution is 2.43. The van der Waals surface area contributed by atoms with Crippen LogP contribution in [0.4, 0.5) is 0 Å². The summed E-state index contributed by atoms with van der Waals surface area (Å²) in [4.78, 5) is 2.52. The molecule has 0 aromatic heterocycles. The summed E-state index contributed by atoms with van der Waals surface area (Å²) in [5.41, 5.74) is 8.86. The third-order valence-corrected chi connectivity index (χ3v) is 4.92. The second-order valence-electron chi connectivity index (χ2n) is 6.42. The number of benzene rings is 1. The van der Waals surface area contributed by atoms with E-state index in [2.05, 4.69) is 36.9 Å². The van der Waals surface area contributed by atoms with Gasteiger partial charge in [0.2, 0.25) is 0 Å². The summed E-state index contributed by atoms with van der Waals surface area (Å²) in [5, 5.41) is 0. The standard InChI is InChI=1S/C17H26N2O/c1-3-19-9-4-7-17(8-10-19)12-15(18)14-11-13(2)5-6-16(14)20-17/h5-6,11,15H,3-4,7-10,12,18H2,1-2H3. The monoisotopic (exact) mass is 274 g/mol. The Labute approximate surface area is 122 Å². The van der Waals surface area contributed by atoms with Gasteiger partial charge in [0.15, 0.2) is 0 Å². The zero-order chi connectivity index (χ0) is 14.2. The number of likely N-dealkylation sites (tertiary alicyclic amines) is 1. The molecule has 3 rings (SSSR count). The van der Waals surface area contributed by atoms with Gasteiger partial charge in [-0.2, -0.15) is 0 Å². The molecule has 3 nitrogen and oxygen atoms in total. The second-order valence-corrected chi connectivity index (χ2v) is 6.42. The minimum Gasteiger partial charge on any atom is -0.487 e. The Kier molecular flexibility index (Phi) is 3.74. The van der Waals surface area contributed by atoms with Crippen molar-refractivity contribution >= 4 is 0 Å². The Morgan fingerprint density at radius 2 is 2.20 bits per heavy atom. The summed E-state index contributed by atoms with van der Waals surface area (Å²) in [6, 6.07) is 6.53. The highest BCUT2D eigenvalue weighted by molar-refractivity contribution is 5.41. The number of aryl methyl sites for hydroxylation is 1. The van der Waals surface area contributed by atoms with E-state index in [1.165, 1.54) is 24.1 Å². The van der Waals surface area contributed by atoms with Crippen LogP contribution in [0.5, 0.6) is 5.75 Å². The molecule has 0 amide bonds. The quantitative estimate of drug-likeness (QED) is 0.855. The van der Waals surface area contributed by atoms with Crippen molar-refractivity contribution in [3.05, 3.63) is 29.3 Å². The molecular weight excluding hydrogens is 248 g/mol. The summed E-state index contributed by atoms with van der Waals surface area (Å²) in [6.07, 6.45) is 4.40. The number of nitrogens with two attached hydrogens (primary N) is 1. The van der Waals surface area contributed by atoms with Gasteiger partial charge < -0.3 is 15.4 Å². The molecule has 20 heavy (non-hydrogen) atoms. The number of hydrogen-bond donors (Lipinski definition) is 1. The van der Waals surface area contributed by atoms with Crippen LogP contribution < -0.4 is 10.5 Å². The normalized spacial score (nSPS) is 30.6. The average molecular weight is 274 g/mol. The van der Waals surface area contributed by atoms with Crippen molar-refractivity contribution in [2.75, 3.05) is 19.6 Å². The number of ether oxygens (including phenoxy) is 1. The molecule has 0 aliphatic carbocycles. The van der Waals surface area contributed by atoms with E-state index in [1.54, 1.807) is 0 Å². The van der Waals surface area contributed by atoms with Gasteiger partial charge in [-0.25, -0.2) is 0 Å². The molecule has 1 saturated heterocycles. The minimum absolute atomic E-state index is 0.0361. The Bertz CT molecular complexity index is 488. The van der Waals surface area contributed by atoms with Crippen LogP contribution in [0.3, 0.4) is 0 Å². The highest BCUT2D eigenvalue weighted by atomic mass is 16.5. The van der Waals surface area contributed by atoms with Gasteiger partial charge >= 0.3 is 0 Å². The fourth-order valence-electron chi connectivity index (χ4n) is 3.68. The molecule has 110 valence electrons. The summed E-state index contributed by atoms with van der Waals surface area (Å²) in [6.45, 7) is 7.81. The lowest BCUT2D eigenvalue weighted by atomic mass is 9.82. The molecule has 2 heterocycles. The average Bonchev–Trinajstić information content (AvgIpc) is 2.62. The largest absolute Gasteiger partial charge is 0.487 e. The van der Waals surface area contributed by atoms with E-state index in [4.69, 9.17) is 10.5 Å². The molecule has 3 heteroatoms. The lowest BCUT2D eigenvalue weighted by Gasteiger charge is -2.41. The van der Waals surface area contributed by atoms with Crippen molar-refractivity contribution < 1.29 is 4.74 Å². The summed E-state index contributed by atoms with van der Waals surface area (Å²) < 4.78 is 6.45. The molecule has 0 saturated carbocycles. The van der Waals surface area contributed by atoms with Gasteiger partial charge in [0.05, 0.1) is 0 Å². The van der Waals surface area contributed by atoms with Gasteiger partial charge in [-0.15, -0.1) is 0 Å². The third kappa shape index (κ3) is 2.57. The molecule has 2 unspecified atom stereocenters. The molecule has 2 N–H and O–H groups in total. The van der Waals surface area contributed by atoms with Crippen molar-refractivity contribution in [2.45, 2.75) is 51.2 Å². The molecular formula is C17H26N2O. The lowest BCUT2D eigenvalue weighted by molar-refractivity contribution is 0.0219. The zero-order valence-corrected chi connectivity index (χ0v) is 12.7. The smallest absolute Gasteiger partial charge is 0.124 e. The van der Waals surface area contributed by atoms with E-state index in [-0.39, 0.29) is 11.6 Å². The summed E-state index contributed by atoms with van der Waals surface area (Å²) >= 11 is 0. The van der Waals surface area contributed by atoms with Crippen LogP contribution in [0.25, 0.3) is 0 Å². The van der Waals surface area contributed by atoms with Crippen LogP contribution >= 0.6 is 0 Å². The van der Waals surface area contributed by atoms with Crippen LogP contribution in [0.15, 0.2) is 18.2 Å². The van der Waals surface area contributed by atoms with Gasteiger partial charge in [0, 0.05) is 24.6 Å². The number of fused-ring (bicyclic) bond motifs is 1. The van der Waals surface area contributed by atoms with Crippen molar-refractivity contribution in [2.24, 2.45) is 5.73 Å². The number of nitrogens with zero attached hydrogens (tertiary/aromatic N) is 1. The first-order valence-electron chi connectivity index (χ1n) is 7.89. The molecule has 2 aliphatic heterocycles. The maximum atomic E-state index is 6.45. The third-order valence-electron chi connectivity index (χ3n) is 4.92. The van der Waals surface area contributed by atoms with Crippen LogP contribution in [-0.2, 0) is 0 Å². The minimum atomic E-state index is -0.0361. The lowest BCUT2D eigenvalue weighted by Crippen LogP contribution is -2.43. The predicted molar refractivity (Wildman–Crippen MR) is 82.0 cm³/mol. The van der Waals surface area contributed by atoms with Gasteiger partial charge in [0.25, 0.3) is 0 Å². The van der Waals surface area contributed by atoms with Gasteiger partial charge in [-0.05, 0) is 45.3 Å². The molecule has 2 aliphatic rings. The SMILES string of the molecule is CCN1CCCC2(CC1)CC(N)c1cc(C)ccc1O2. The van der Waals surface area contributed by atoms with Gasteiger partial charge in [0.1, 0.15) is 11.4 Å². The van der Waals surface area contributed by atoms with Crippen LogP contribution in [-0.4, -0.2) is 30.1 Å². The Hall–Kier alpha value is -1.06. The first-order valence-corrected chi connectivity index (χ1v) is 7.89. The van der Waals surface area contributed by atoms with Crippen molar-refractivity contribution in [3.8, 4) is 5.75 Å². The number of rotatable bonds is 1.